The van der Waals surface area contributed by atoms with Crippen LogP contribution in [0.15, 0.2) is 10.6 Å². The summed E-state index contributed by atoms with van der Waals surface area (Å²) >= 11 is 0. The third kappa shape index (κ3) is 5.97. The molecule has 1 atom stereocenters. The van der Waals surface area contributed by atoms with Crippen LogP contribution in [0.25, 0.3) is 0 Å². The van der Waals surface area contributed by atoms with E-state index in [4.69, 9.17) is 15.0 Å². The van der Waals surface area contributed by atoms with Crippen LogP contribution in [0.4, 0.5) is 0 Å². The third-order valence-corrected chi connectivity index (χ3v) is 3.40. The Morgan fingerprint density at radius 2 is 2.10 bits per heavy atom. The van der Waals surface area contributed by atoms with Crippen LogP contribution >= 0.6 is 0 Å². The highest BCUT2D eigenvalue weighted by Crippen LogP contribution is 2.17. The molecule has 0 bridgehead atoms. The van der Waals surface area contributed by atoms with E-state index in [0.717, 1.165) is 25.7 Å². The first-order valence-corrected chi connectivity index (χ1v) is 7.50. The molecule has 0 aliphatic carbocycles. The van der Waals surface area contributed by atoms with Gasteiger partial charge in [-0.1, -0.05) is 44.7 Å². The Labute approximate surface area is 125 Å². The molecule has 0 fully saturated rings. The second-order valence-electron chi connectivity index (χ2n) is 5.10. The van der Waals surface area contributed by atoms with E-state index in [1.54, 1.807) is 0 Å². The Balaban J connectivity index is 2.37. The van der Waals surface area contributed by atoms with Crippen molar-refractivity contribution in [3.8, 4) is 0 Å². The molecule has 118 valence electrons. The van der Waals surface area contributed by atoms with Gasteiger partial charge in [-0.05, 0) is 12.8 Å². The van der Waals surface area contributed by atoms with Gasteiger partial charge < -0.3 is 15.0 Å². The summed E-state index contributed by atoms with van der Waals surface area (Å²) in [4.78, 5) is 22.8. The van der Waals surface area contributed by atoms with Crippen LogP contribution in [-0.4, -0.2) is 17.0 Å². The summed E-state index contributed by atoms with van der Waals surface area (Å²) in [6.45, 7) is 4.11. The second-order valence-corrected chi connectivity index (χ2v) is 5.10. The molecule has 0 saturated carbocycles. The number of esters is 1. The average Bonchev–Trinajstić information content (AvgIpc) is 2.94. The molecule has 1 heterocycles. The number of amides is 1. The summed E-state index contributed by atoms with van der Waals surface area (Å²) in [5.74, 6) is -0.664. The van der Waals surface area contributed by atoms with Gasteiger partial charge in [-0.25, -0.2) is 0 Å². The number of aromatic nitrogens is 1. The first kappa shape index (κ1) is 17.2. The van der Waals surface area contributed by atoms with Gasteiger partial charge in [-0.2, -0.15) is 0 Å². The summed E-state index contributed by atoms with van der Waals surface area (Å²) in [5.41, 5.74) is 5.10. The first-order chi connectivity index (χ1) is 10.1. The Hall–Kier alpha value is -1.85. The third-order valence-electron chi connectivity index (χ3n) is 3.40. The predicted molar refractivity (Wildman–Crippen MR) is 77.4 cm³/mol. The van der Waals surface area contributed by atoms with E-state index in [1.165, 1.54) is 18.9 Å². The van der Waals surface area contributed by atoms with E-state index in [1.807, 2.05) is 6.92 Å². The van der Waals surface area contributed by atoms with Crippen molar-refractivity contribution >= 4 is 11.9 Å². The van der Waals surface area contributed by atoms with Crippen molar-refractivity contribution in [3.05, 3.63) is 17.5 Å². The maximum Gasteiger partial charge on any atom is 0.309 e. The quantitative estimate of drug-likeness (QED) is 0.529. The van der Waals surface area contributed by atoms with Gasteiger partial charge >= 0.3 is 5.97 Å². The topological polar surface area (TPSA) is 95.4 Å². The van der Waals surface area contributed by atoms with Crippen LogP contribution in [0, 0.1) is 5.92 Å². The van der Waals surface area contributed by atoms with Gasteiger partial charge in [0.15, 0.2) is 18.1 Å². The molecule has 1 unspecified atom stereocenters. The van der Waals surface area contributed by atoms with Crippen molar-refractivity contribution < 1.29 is 18.8 Å². The van der Waals surface area contributed by atoms with Gasteiger partial charge in [0.2, 0.25) is 0 Å². The van der Waals surface area contributed by atoms with E-state index >= 15 is 0 Å². The van der Waals surface area contributed by atoms with E-state index in [2.05, 4.69) is 12.1 Å². The van der Waals surface area contributed by atoms with Crippen LogP contribution in [-0.2, 0) is 16.1 Å². The Morgan fingerprint density at radius 3 is 2.67 bits per heavy atom. The average molecular weight is 296 g/mol. The molecular formula is C15H24N2O4. The molecule has 0 aliphatic heterocycles. The lowest BCUT2D eigenvalue weighted by Gasteiger charge is -2.13. The Bertz CT molecular complexity index is 456. The number of hydrogen-bond acceptors (Lipinski definition) is 5. The lowest BCUT2D eigenvalue weighted by atomic mass is 9.98. The lowest BCUT2D eigenvalue weighted by molar-refractivity contribution is -0.151. The Morgan fingerprint density at radius 1 is 1.33 bits per heavy atom. The van der Waals surface area contributed by atoms with Gasteiger partial charge in [-0.15, -0.1) is 0 Å². The number of rotatable bonds is 10. The minimum absolute atomic E-state index is 0.0232. The van der Waals surface area contributed by atoms with Crippen LogP contribution in [0.3, 0.4) is 0 Å². The SMILES string of the molecule is CCCCCCC(CC)C(=O)OCc1cc(C(N)=O)no1. The molecular weight excluding hydrogens is 272 g/mol. The van der Waals surface area contributed by atoms with Crippen LogP contribution in [0.5, 0.6) is 0 Å². The maximum absolute atomic E-state index is 12.0. The number of hydrogen-bond donors (Lipinski definition) is 1. The summed E-state index contributed by atoms with van der Waals surface area (Å²) in [6.07, 6.45) is 6.15. The van der Waals surface area contributed by atoms with E-state index in [9.17, 15) is 9.59 Å². The zero-order chi connectivity index (χ0) is 15.7. The fraction of sp³-hybridized carbons (Fsp3) is 0.667. The van der Waals surface area contributed by atoms with Gasteiger partial charge in [0.05, 0.1) is 5.92 Å². The molecule has 1 amide bonds. The molecule has 6 nitrogen and oxygen atoms in total. The molecule has 0 radical (unpaired) electrons. The second kappa shape index (κ2) is 9.15. The van der Waals surface area contributed by atoms with Crippen LogP contribution in [0.1, 0.15) is 68.6 Å². The normalized spacial score (nSPS) is 12.1. The molecule has 1 rings (SSSR count). The smallest absolute Gasteiger partial charge is 0.309 e. The van der Waals surface area contributed by atoms with Crippen molar-refractivity contribution in [2.75, 3.05) is 0 Å². The minimum Gasteiger partial charge on any atom is -0.457 e. The highest BCUT2D eigenvalue weighted by Gasteiger charge is 2.18. The summed E-state index contributed by atoms with van der Waals surface area (Å²) in [7, 11) is 0. The van der Waals surface area contributed by atoms with Gasteiger partial charge in [0.1, 0.15) is 0 Å². The molecule has 0 saturated heterocycles. The van der Waals surface area contributed by atoms with Crippen molar-refractivity contribution in [2.24, 2.45) is 11.7 Å². The van der Waals surface area contributed by atoms with Gasteiger partial charge in [0.25, 0.3) is 5.91 Å². The molecule has 0 aromatic carbocycles. The molecule has 1 aromatic rings. The van der Waals surface area contributed by atoms with Gasteiger partial charge in [0, 0.05) is 6.07 Å². The largest absolute Gasteiger partial charge is 0.457 e. The summed E-state index contributed by atoms with van der Waals surface area (Å²) in [6, 6.07) is 1.39. The summed E-state index contributed by atoms with van der Waals surface area (Å²) in [5, 5.41) is 3.49. The highest BCUT2D eigenvalue weighted by molar-refractivity contribution is 5.90. The molecule has 21 heavy (non-hydrogen) atoms. The molecule has 0 aliphatic rings. The zero-order valence-corrected chi connectivity index (χ0v) is 12.8. The monoisotopic (exact) mass is 296 g/mol. The Kier molecular flexibility index (Phi) is 7.50. The van der Waals surface area contributed by atoms with Crippen LogP contribution in [0.2, 0.25) is 0 Å². The minimum atomic E-state index is -0.668. The standard InChI is InChI=1S/C15H24N2O4/c1-3-5-6-7-8-11(4-2)15(19)20-10-12-9-13(14(16)18)17-21-12/h9,11H,3-8,10H2,1-2H3,(H2,16,18). The lowest BCUT2D eigenvalue weighted by Crippen LogP contribution is -2.17. The van der Waals surface area contributed by atoms with Crippen LogP contribution < -0.4 is 5.73 Å². The number of ether oxygens (including phenoxy) is 1. The molecule has 6 heteroatoms. The summed E-state index contributed by atoms with van der Waals surface area (Å²) < 4.78 is 10.1. The number of primary amides is 1. The van der Waals surface area contributed by atoms with Crippen molar-refractivity contribution in [2.45, 2.75) is 59.0 Å². The maximum atomic E-state index is 12.0. The number of carbonyl (C=O) groups excluding carboxylic acids is 2. The van der Waals surface area contributed by atoms with Crippen molar-refractivity contribution in [1.82, 2.24) is 5.16 Å². The first-order valence-electron chi connectivity index (χ1n) is 7.50. The van der Waals surface area contributed by atoms with Crippen molar-refractivity contribution in [1.29, 1.82) is 0 Å². The molecule has 2 N–H and O–H groups in total. The number of nitrogens with two attached hydrogens (primary N) is 1. The number of nitrogens with zero attached hydrogens (tertiary/aromatic N) is 1. The fourth-order valence-corrected chi connectivity index (χ4v) is 2.06. The van der Waals surface area contributed by atoms with E-state index < -0.39 is 5.91 Å². The van der Waals surface area contributed by atoms with Gasteiger partial charge in [-0.3, -0.25) is 9.59 Å². The predicted octanol–water partition coefficient (Wildman–Crippen LogP) is 2.81. The highest BCUT2D eigenvalue weighted by atomic mass is 16.5. The molecule has 1 aromatic heterocycles. The molecule has 0 spiro atoms. The fourth-order valence-electron chi connectivity index (χ4n) is 2.06. The van der Waals surface area contributed by atoms with Crippen molar-refractivity contribution in [3.63, 3.8) is 0 Å². The van der Waals surface area contributed by atoms with E-state index in [-0.39, 0.29) is 24.2 Å². The zero-order valence-electron chi connectivity index (χ0n) is 12.8. The number of carbonyl (C=O) groups is 2. The van der Waals surface area contributed by atoms with E-state index in [0.29, 0.717) is 5.76 Å². The number of unbranched alkanes of at least 4 members (excludes halogenated alkanes) is 3.